The van der Waals surface area contributed by atoms with Gasteiger partial charge in [0.15, 0.2) is 0 Å². The molecule has 0 fully saturated rings. The van der Waals surface area contributed by atoms with E-state index in [0.29, 0.717) is 18.6 Å². The number of nitrogens with one attached hydrogen (secondary N) is 1. The molecule has 2 aromatic carbocycles. The van der Waals surface area contributed by atoms with Gasteiger partial charge in [-0.2, -0.15) is 5.26 Å². The fourth-order valence-corrected chi connectivity index (χ4v) is 1.87. The molecule has 0 aliphatic carbocycles. The first-order valence-electron chi connectivity index (χ1n) is 6.73. The fourth-order valence-electron chi connectivity index (χ4n) is 1.87. The number of anilines is 2. The average Bonchev–Trinajstić information content (AvgIpc) is 2.50. The van der Waals surface area contributed by atoms with E-state index in [4.69, 9.17) is 10.00 Å². The van der Waals surface area contributed by atoms with Crippen LogP contribution in [0.1, 0.15) is 22.8 Å². The predicted molar refractivity (Wildman–Crippen MR) is 81.4 cm³/mol. The number of hydrogen-bond acceptors (Lipinski definition) is 4. The van der Waals surface area contributed by atoms with Crippen molar-refractivity contribution in [2.24, 2.45) is 0 Å². The Hall–Kier alpha value is -2.80. The molecule has 0 heterocycles. The summed E-state index contributed by atoms with van der Waals surface area (Å²) in [6, 6.07) is 16.9. The van der Waals surface area contributed by atoms with Crippen LogP contribution in [-0.4, -0.2) is 12.6 Å². The van der Waals surface area contributed by atoms with Gasteiger partial charge < -0.3 is 10.1 Å². The molecular formula is C17H16N2O2. The van der Waals surface area contributed by atoms with Gasteiger partial charge in [0.05, 0.1) is 24.7 Å². The van der Waals surface area contributed by atoms with Crippen LogP contribution in [-0.2, 0) is 11.2 Å². The third-order valence-electron chi connectivity index (χ3n) is 2.92. The normalized spacial score (nSPS) is 9.71. The van der Waals surface area contributed by atoms with Crippen molar-refractivity contribution in [3.63, 3.8) is 0 Å². The highest BCUT2D eigenvalue weighted by atomic mass is 16.5. The van der Waals surface area contributed by atoms with Gasteiger partial charge in [-0.3, -0.25) is 0 Å². The maximum absolute atomic E-state index is 11.5. The van der Waals surface area contributed by atoms with Gasteiger partial charge >= 0.3 is 5.97 Å². The Morgan fingerprint density at radius 1 is 1.10 bits per heavy atom. The summed E-state index contributed by atoms with van der Waals surface area (Å²) in [5.74, 6) is -0.315. The second-order valence-corrected chi connectivity index (χ2v) is 4.45. The van der Waals surface area contributed by atoms with Crippen LogP contribution in [0.15, 0.2) is 48.5 Å². The Labute approximate surface area is 124 Å². The van der Waals surface area contributed by atoms with E-state index in [-0.39, 0.29) is 5.97 Å². The van der Waals surface area contributed by atoms with E-state index in [1.165, 1.54) is 0 Å². The summed E-state index contributed by atoms with van der Waals surface area (Å²) in [5, 5.41) is 11.9. The fraction of sp³-hybridized carbons (Fsp3) is 0.176. The number of nitriles is 1. The number of carbonyl (C=O) groups excluding carboxylic acids is 1. The van der Waals surface area contributed by atoms with Crippen molar-refractivity contribution in [3.05, 3.63) is 59.7 Å². The topological polar surface area (TPSA) is 62.1 Å². The standard InChI is InChI=1S/C17H16N2O2/c1-2-21-17(20)14-5-9-16(10-6-14)19-15-7-3-13(4-8-15)11-12-18/h3-10,19H,2,11H2,1H3. The molecule has 21 heavy (non-hydrogen) atoms. The summed E-state index contributed by atoms with van der Waals surface area (Å²) in [6.45, 7) is 2.15. The van der Waals surface area contributed by atoms with E-state index in [0.717, 1.165) is 16.9 Å². The third-order valence-corrected chi connectivity index (χ3v) is 2.92. The lowest BCUT2D eigenvalue weighted by molar-refractivity contribution is 0.0526. The smallest absolute Gasteiger partial charge is 0.338 e. The molecule has 0 aliphatic heterocycles. The maximum atomic E-state index is 11.5. The molecule has 0 saturated carbocycles. The van der Waals surface area contributed by atoms with Crippen molar-refractivity contribution in [2.45, 2.75) is 13.3 Å². The van der Waals surface area contributed by atoms with Crippen LogP contribution in [0.2, 0.25) is 0 Å². The number of ether oxygens (including phenoxy) is 1. The van der Waals surface area contributed by atoms with Crippen molar-refractivity contribution >= 4 is 17.3 Å². The molecule has 1 N–H and O–H groups in total. The minimum Gasteiger partial charge on any atom is -0.462 e. The molecule has 0 aromatic heterocycles. The summed E-state index contributed by atoms with van der Waals surface area (Å²) < 4.78 is 4.94. The number of carbonyl (C=O) groups is 1. The summed E-state index contributed by atoms with van der Waals surface area (Å²) in [4.78, 5) is 11.5. The second kappa shape index (κ2) is 7.11. The highest BCUT2D eigenvalue weighted by Crippen LogP contribution is 2.18. The van der Waals surface area contributed by atoms with Crippen molar-refractivity contribution in [1.82, 2.24) is 0 Å². The zero-order chi connectivity index (χ0) is 15.1. The van der Waals surface area contributed by atoms with E-state index >= 15 is 0 Å². The molecule has 0 bridgehead atoms. The summed E-state index contributed by atoms with van der Waals surface area (Å²) in [5.41, 5.74) is 3.34. The number of benzene rings is 2. The first kappa shape index (κ1) is 14.6. The minimum atomic E-state index is -0.315. The second-order valence-electron chi connectivity index (χ2n) is 4.45. The van der Waals surface area contributed by atoms with Crippen LogP contribution in [0, 0.1) is 11.3 Å². The molecule has 0 radical (unpaired) electrons. The quantitative estimate of drug-likeness (QED) is 0.849. The Morgan fingerprint density at radius 3 is 2.19 bits per heavy atom. The molecule has 0 amide bonds. The molecule has 106 valence electrons. The highest BCUT2D eigenvalue weighted by Gasteiger charge is 2.05. The Morgan fingerprint density at radius 2 is 1.67 bits per heavy atom. The van der Waals surface area contributed by atoms with Crippen LogP contribution in [0.25, 0.3) is 0 Å². The van der Waals surface area contributed by atoms with Crippen molar-refractivity contribution in [1.29, 1.82) is 5.26 Å². The van der Waals surface area contributed by atoms with Crippen molar-refractivity contribution in [3.8, 4) is 6.07 Å². The van der Waals surface area contributed by atoms with Crippen LogP contribution >= 0.6 is 0 Å². The lowest BCUT2D eigenvalue weighted by Gasteiger charge is -2.08. The van der Waals surface area contributed by atoms with Gasteiger partial charge in [0, 0.05) is 11.4 Å². The molecule has 0 unspecified atom stereocenters. The molecule has 0 atom stereocenters. The molecule has 0 saturated heterocycles. The van der Waals surface area contributed by atoms with E-state index in [1.54, 1.807) is 19.1 Å². The number of hydrogen-bond donors (Lipinski definition) is 1. The summed E-state index contributed by atoms with van der Waals surface area (Å²) in [6.07, 6.45) is 0.411. The van der Waals surface area contributed by atoms with Gasteiger partial charge in [-0.15, -0.1) is 0 Å². The third kappa shape index (κ3) is 4.08. The van der Waals surface area contributed by atoms with Gasteiger partial charge in [0.25, 0.3) is 0 Å². The lowest BCUT2D eigenvalue weighted by atomic mass is 10.1. The Bertz CT molecular complexity index is 640. The van der Waals surface area contributed by atoms with Crippen LogP contribution in [0.4, 0.5) is 11.4 Å². The van der Waals surface area contributed by atoms with E-state index in [2.05, 4.69) is 11.4 Å². The van der Waals surface area contributed by atoms with Gasteiger partial charge in [-0.05, 0) is 48.9 Å². The first-order valence-corrected chi connectivity index (χ1v) is 6.73. The van der Waals surface area contributed by atoms with E-state index in [1.807, 2.05) is 36.4 Å². The predicted octanol–water partition coefficient (Wildman–Crippen LogP) is 3.67. The monoisotopic (exact) mass is 280 g/mol. The Kier molecular flexibility index (Phi) is 4.94. The van der Waals surface area contributed by atoms with Crippen LogP contribution in [0.5, 0.6) is 0 Å². The average molecular weight is 280 g/mol. The number of nitrogens with zero attached hydrogens (tertiary/aromatic N) is 1. The van der Waals surface area contributed by atoms with Gasteiger partial charge in [0.2, 0.25) is 0 Å². The molecule has 4 heteroatoms. The number of esters is 1. The summed E-state index contributed by atoms with van der Waals surface area (Å²) in [7, 11) is 0. The van der Waals surface area contributed by atoms with Crippen molar-refractivity contribution < 1.29 is 9.53 Å². The zero-order valence-corrected chi connectivity index (χ0v) is 11.8. The largest absolute Gasteiger partial charge is 0.462 e. The maximum Gasteiger partial charge on any atom is 0.338 e. The van der Waals surface area contributed by atoms with Gasteiger partial charge in [-0.25, -0.2) is 4.79 Å². The Balaban J connectivity index is 2.03. The molecular weight excluding hydrogens is 264 g/mol. The lowest BCUT2D eigenvalue weighted by Crippen LogP contribution is -2.04. The van der Waals surface area contributed by atoms with Crippen LogP contribution in [0.3, 0.4) is 0 Å². The molecule has 0 spiro atoms. The van der Waals surface area contributed by atoms with Gasteiger partial charge in [-0.1, -0.05) is 12.1 Å². The number of rotatable bonds is 5. The van der Waals surface area contributed by atoms with E-state index in [9.17, 15) is 4.79 Å². The summed E-state index contributed by atoms with van der Waals surface area (Å²) >= 11 is 0. The molecule has 2 rings (SSSR count). The minimum absolute atomic E-state index is 0.315. The molecule has 4 nitrogen and oxygen atoms in total. The molecule has 0 aliphatic rings. The highest BCUT2D eigenvalue weighted by molar-refractivity contribution is 5.89. The van der Waals surface area contributed by atoms with E-state index < -0.39 is 0 Å². The SMILES string of the molecule is CCOC(=O)c1ccc(Nc2ccc(CC#N)cc2)cc1. The zero-order valence-electron chi connectivity index (χ0n) is 11.8. The van der Waals surface area contributed by atoms with Crippen LogP contribution < -0.4 is 5.32 Å². The van der Waals surface area contributed by atoms with Crippen molar-refractivity contribution in [2.75, 3.05) is 11.9 Å². The first-order chi connectivity index (χ1) is 10.2. The molecule has 2 aromatic rings. The van der Waals surface area contributed by atoms with Gasteiger partial charge in [0.1, 0.15) is 0 Å².